The van der Waals surface area contributed by atoms with Gasteiger partial charge >= 0.3 is 0 Å². The number of aromatic nitrogens is 1. The summed E-state index contributed by atoms with van der Waals surface area (Å²) in [6, 6.07) is 1.38. The Labute approximate surface area is 82.5 Å². The molecule has 0 saturated heterocycles. The molecule has 0 aliphatic carbocycles. The first-order chi connectivity index (χ1) is 6.65. The summed E-state index contributed by atoms with van der Waals surface area (Å²) in [4.78, 5) is 16.8. The molecule has 0 bridgehead atoms. The zero-order chi connectivity index (χ0) is 10.6. The van der Waals surface area contributed by atoms with Crippen LogP contribution < -0.4 is 0 Å². The second-order valence-electron chi connectivity index (χ2n) is 2.91. The Balaban J connectivity index is 2.83. The smallest absolute Gasteiger partial charge is 0.255 e. The Morgan fingerprint density at radius 3 is 3.00 bits per heavy atom. The van der Waals surface area contributed by atoms with Crippen LogP contribution in [0.4, 0.5) is 0 Å². The van der Waals surface area contributed by atoms with Crippen LogP contribution in [-0.2, 0) is 0 Å². The molecule has 0 aliphatic rings. The van der Waals surface area contributed by atoms with Crippen molar-refractivity contribution in [3.05, 3.63) is 36.7 Å². The summed E-state index contributed by atoms with van der Waals surface area (Å²) in [5, 5.41) is 9.12. The number of carbonyl (C=O) groups excluding carboxylic acids is 1. The van der Waals surface area contributed by atoms with Crippen molar-refractivity contribution in [3.63, 3.8) is 0 Å². The number of hydrogen-bond donors (Lipinski definition) is 1. The lowest BCUT2D eigenvalue weighted by atomic mass is 10.2. The average molecular weight is 192 g/mol. The first kappa shape index (κ1) is 10.2. The van der Waals surface area contributed by atoms with E-state index in [9.17, 15) is 4.79 Å². The number of likely N-dealkylation sites (N-methyl/N-ethyl adjacent to an activating group) is 1. The van der Waals surface area contributed by atoms with Crippen molar-refractivity contribution in [1.29, 1.82) is 0 Å². The molecule has 1 aromatic rings. The molecule has 74 valence electrons. The van der Waals surface area contributed by atoms with Crippen molar-refractivity contribution in [3.8, 4) is 5.75 Å². The van der Waals surface area contributed by atoms with E-state index in [4.69, 9.17) is 5.11 Å². The van der Waals surface area contributed by atoms with Crippen LogP contribution in [0.25, 0.3) is 0 Å². The summed E-state index contributed by atoms with van der Waals surface area (Å²) in [5.41, 5.74) is 0.370. The Bertz CT molecular complexity index is 350. The molecule has 0 radical (unpaired) electrons. The number of hydrogen-bond acceptors (Lipinski definition) is 3. The minimum Gasteiger partial charge on any atom is -0.506 e. The van der Waals surface area contributed by atoms with Crippen LogP contribution in [0.1, 0.15) is 10.4 Å². The quantitative estimate of drug-likeness (QED) is 0.728. The van der Waals surface area contributed by atoms with Crippen molar-refractivity contribution in [2.45, 2.75) is 0 Å². The molecular weight excluding hydrogens is 180 g/mol. The van der Waals surface area contributed by atoms with Crippen molar-refractivity contribution in [2.24, 2.45) is 0 Å². The fraction of sp³-hybridized carbons (Fsp3) is 0.200. The summed E-state index contributed by atoms with van der Waals surface area (Å²) in [5.74, 6) is -0.198. The van der Waals surface area contributed by atoms with Gasteiger partial charge in [0.25, 0.3) is 5.91 Å². The lowest BCUT2D eigenvalue weighted by Gasteiger charge is -2.14. The van der Waals surface area contributed by atoms with E-state index in [1.807, 2.05) is 0 Å². The highest BCUT2D eigenvalue weighted by atomic mass is 16.3. The average Bonchev–Trinajstić information content (AvgIpc) is 2.17. The predicted molar refractivity (Wildman–Crippen MR) is 53.1 cm³/mol. The topological polar surface area (TPSA) is 53.4 Å². The molecule has 0 atom stereocenters. The summed E-state index contributed by atoms with van der Waals surface area (Å²) in [6.07, 6.45) is 4.33. The van der Waals surface area contributed by atoms with Crippen molar-refractivity contribution in [1.82, 2.24) is 9.88 Å². The standard InChI is InChI=1S/C10H12N2O2/c1-3-4-12(2)10(14)8-5-9(13)7-11-6-8/h3,5-7,13H,1,4H2,2H3. The van der Waals surface area contributed by atoms with Crippen LogP contribution >= 0.6 is 0 Å². The third kappa shape index (κ3) is 2.32. The largest absolute Gasteiger partial charge is 0.506 e. The van der Waals surface area contributed by atoms with Gasteiger partial charge in [-0.1, -0.05) is 6.08 Å². The van der Waals surface area contributed by atoms with E-state index in [2.05, 4.69) is 11.6 Å². The number of aromatic hydroxyl groups is 1. The van der Waals surface area contributed by atoms with Crippen molar-refractivity contribution in [2.75, 3.05) is 13.6 Å². The highest BCUT2D eigenvalue weighted by Gasteiger charge is 2.10. The Kier molecular flexibility index (Phi) is 3.23. The second-order valence-corrected chi connectivity index (χ2v) is 2.91. The molecule has 1 rings (SSSR count). The Morgan fingerprint density at radius 1 is 1.71 bits per heavy atom. The van der Waals surface area contributed by atoms with Gasteiger partial charge in [-0.15, -0.1) is 6.58 Å². The molecule has 4 nitrogen and oxygen atoms in total. The second kappa shape index (κ2) is 4.41. The highest BCUT2D eigenvalue weighted by molar-refractivity contribution is 5.94. The molecule has 1 amide bonds. The van der Waals surface area contributed by atoms with E-state index in [0.29, 0.717) is 12.1 Å². The van der Waals surface area contributed by atoms with E-state index >= 15 is 0 Å². The zero-order valence-corrected chi connectivity index (χ0v) is 7.97. The third-order valence-corrected chi connectivity index (χ3v) is 1.72. The molecular formula is C10H12N2O2. The fourth-order valence-corrected chi connectivity index (χ4v) is 1.04. The van der Waals surface area contributed by atoms with Gasteiger partial charge < -0.3 is 10.0 Å². The van der Waals surface area contributed by atoms with Gasteiger partial charge in [-0.05, 0) is 6.07 Å². The van der Waals surface area contributed by atoms with Crippen LogP contribution in [-0.4, -0.2) is 34.5 Å². The molecule has 1 heterocycles. The molecule has 0 saturated carbocycles. The Morgan fingerprint density at radius 2 is 2.43 bits per heavy atom. The van der Waals surface area contributed by atoms with E-state index in [1.54, 1.807) is 13.1 Å². The predicted octanol–water partition coefficient (Wildman–Crippen LogP) is 1.05. The van der Waals surface area contributed by atoms with Crippen LogP contribution in [0.15, 0.2) is 31.1 Å². The molecule has 14 heavy (non-hydrogen) atoms. The molecule has 1 N–H and O–H groups in total. The van der Waals surface area contributed by atoms with Gasteiger partial charge in [0, 0.05) is 19.8 Å². The SMILES string of the molecule is C=CCN(C)C(=O)c1cncc(O)c1. The molecule has 0 aromatic carbocycles. The summed E-state index contributed by atoms with van der Waals surface area (Å²) in [6.45, 7) is 4.00. The van der Waals surface area contributed by atoms with Crippen LogP contribution in [0.3, 0.4) is 0 Å². The van der Waals surface area contributed by atoms with Gasteiger partial charge in [0.15, 0.2) is 0 Å². The lowest BCUT2D eigenvalue weighted by molar-refractivity contribution is 0.0809. The first-order valence-electron chi connectivity index (χ1n) is 4.15. The Hall–Kier alpha value is -1.84. The minimum absolute atomic E-state index is 0.0112. The monoisotopic (exact) mass is 192 g/mol. The van der Waals surface area contributed by atoms with E-state index < -0.39 is 0 Å². The van der Waals surface area contributed by atoms with Gasteiger partial charge in [0.2, 0.25) is 0 Å². The lowest BCUT2D eigenvalue weighted by Crippen LogP contribution is -2.26. The third-order valence-electron chi connectivity index (χ3n) is 1.72. The molecule has 0 fully saturated rings. The van der Waals surface area contributed by atoms with Crippen molar-refractivity contribution < 1.29 is 9.90 Å². The van der Waals surface area contributed by atoms with Gasteiger partial charge in [0.1, 0.15) is 5.75 Å². The highest BCUT2D eigenvalue weighted by Crippen LogP contribution is 2.10. The summed E-state index contributed by atoms with van der Waals surface area (Å²) >= 11 is 0. The maximum Gasteiger partial charge on any atom is 0.255 e. The molecule has 0 aliphatic heterocycles. The molecule has 4 heteroatoms. The fourth-order valence-electron chi connectivity index (χ4n) is 1.04. The van der Waals surface area contributed by atoms with Gasteiger partial charge in [-0.25, -0.2) is 0 Å². The number of carbonyl (C=O) groups is 1. The van der Waals surface area contributed by atoms with Gasteiger partial charge in [-0.3, -0.25) is 9.78 Å². The number of rotatable bonds is 3. The number of nitrogens with zero attached hydrogens (tertiary/aromatic N) is 2. The normalized spacial score (nSPS) is 9.50. The zero-order valence-electron chi connectivity index (χ0n) is 7.97. The maximum absolute atomic E-state index is 11.6. The van der Waals surface area contributed by atoms with Gasteiger partial charge in [-0.2, -0.15) is 0 Å². The number of pyridine rings is 1. The van der Waals surface area contributed by atoms with Crippen LogP contribution in [0, 0.1) is 0 Å². The summed E-state index contributed by atoms with van der Waals surface area (Å²) < 4.78 is 0. The van der Waals surface area contributed by atoms with Crippen LogP contribution in [0.5, 0.6) is 5.75 Å². The first-order valence-corrected chi connectivity index (χ1v) is 4.15. The molecule has 0 spiro atoms. The number of amides is 1. The van der Waals surface area contributed by atoms with E-state index in [0.717, 1.165) is 0 Å². The van der Waals surface area contributed by atoms with Crippen molar-refractivity contribution >= 4 is 5.91 Å². The van der Waals surface area contributed by atoms with E-state index in [1.165, 1.54) is 23.4 Å². The molecule has 0 unspecified atom stereocenters. The maximum atomic E-state index is 11.6. The van der Waals surface area contributed by atoms with E-state index in [-0.39, 0.29) is 11.7 Å². The van der Waals surface area contributed by atoms with Crippen LogP contribution in [0.2, 0.25) is 0 Å². The minimum atomic E-state index is -0.187. The van der Waals surface area contributed by atoms with Gasteiger partial charge in [0.05, 0.1) is 11.8 Å². The summed E-state index contributed by atoms with van der Waals surface area (Å²) in [7, 11) is 1.66. The molecule has 1 aromatic heterocycles.